The van der Waals surface area contributed by atoms with E-state index in [1.165, 1.54) is 56.7 Å². The van der Waals surface area contributed by atoms with Crippen molar-refractivity contribution in [1.82, 2.24) is 0 Å². The second-order valence-electron chi connectivity index (χ2n) is 28.5. The largest absolute Gasteiger partial charge is 0.455 e. The number of para-hydroxylation sites is 4. The first-order chi connectivity index (χ1) is 53.5. The molecule has 0 amide bonds. The average Bonchev–Trinajstić information content (AvgIpc) is 1.03. The zero-order valence-corrected chi connectivity index (χ0v) is 60.2. The van der Waals surface area contributed by atoms with Gasteiger partial charge in [0.2, 0.25) is 0 Å². The minimum Gasteiger partial charge on any atom is -0.455 e. The Morgan fingerprint density at radius 1 is 0.213 bits per heavy atom. The van der Waals surface area contributed by atoms with Gasteiger partial charge in [0.05, 0.1) is 11.4 Å². The van der Waals surface area contributed by atoms with Crippen LogP contribution in [0.2, 0.25) is 0 Å². The van der Waals surface area contributed by atoms with E-state index in [1.54, 1.807) is 0 Å². The highest BCUT2D eigenvalue weighted by Gasteiger charge is 2.46. The summed E-state index contributed by atoms with van der Waals surface area (Å²) in [5, 5.41) is 7.11. The highest BCUT2D eigenvalue weighted by atomic mass is 32.1. The van der Waals surface area contributed by atoms with Crippen molar-refractivity contribution in [2.24, 2.45) is 0 Å². The van der Waals surface area contributed by atoms with E-state index in [9.17, 15) is 0 Å². The Kier molecular flexibility index (Phi) is 14.5. The number of rotatable bonds is 11. The topological polar surface area (TPSA) is 19.6 Å². The van der Waals surface area contributed by atoms with E-state index in [0.29, 0.717) is 0 Å². The third-order valence-electron chi connectivity index (χ3n) is 22.4. The molecule has 17 aromatic carbocycles. The maximum atomic E-state index is 7.26. The number of hydrogen-bond donors (Lipinski definition) is 0. The van der Waals surface area contributed by atoms with Crippen LogP contribution in [0.15, 0.2) is 387 Å². The fraction of sp³-hybridized carbons (Fsp3) is 0. The first kappa shape index (κ1) is 62.1. The van der Waals surface area contributed by atoms with Crippen LogP contribution in [0.3, 0.4) is 0 Å². The van der Waals surface area contributed by atoms with Gasteiger partial charge in [0.15, 0.2) is 0 Å². The van der Waals surface area contributed by atoms with Crippen LogP contribution < -0.4 is 26.2 Å². The van der Waals surface area contributed by atoms with Crippen LogP contribution in [-0.2, 0) is 0 Å². The van der Waals surface area contributed by atoms with Crippen LogP contribution in [-0.4, -0.2) is 6.71 Å². The number of anilines is 6. The van der Waals surface area contributed by atoms with E-state index in [1.807, 2.05) is 22.7 Å². The van der Waals surface area contributed by atoms with E-state index in [2.05, 4.69) is 392 Å². The molecule has 5 heterocycles. The molecular formula is C102H63BN2OS2. The summed E-state index contributed by atoms with van der Waals surface area (Å²) in [7, 11) is 0. The minimum atomic E-state index is -0.273. The van der Waals surface area contributed by atoms with Crippen molar-refractivity contribution in [3.63, 3.8) is 0 Å². The summed E-state index contributed by atoms with van der Waals surface area (Å²) < 4.78 is 12.3. The van der Waals surface area contributed by atoms with Crippen LogP contribution >= 0.6 is 22.7 Å². The van der Waals surface area contributed by atoms with Crippen molar-refractivity contribution < 1.29 is 4.42 Å². The van der Waals surface area contributed by atoms with E-state index < -0.39 is 0 Å². The van der Waals surface area contributed by atoms with Gasteiger partial charge in [-0.2, -0.15) is 0 Å². The molecule has 108 heavy (non-hydrogen) atoms. The van der Waals surface area contributed by atoms with Crippen LogP contribution in [0, 0.1) is 0 Å². The molecule has 502 valence electrons. The van der Waals surface area contributed by atoms with E-state index in [0.717, 1.165) is 156 Å². The lowest BCUT2D eigenvalue weighted by molar-refractivity contribution is 0.670. The molecule has 0 N–H and O–H groups in total. The molecular weight excluding hydrogens is 1340 g/mol. The van der Waals surface area contributed by atoms with Gasteiger partial charge in [0, 0.05) is 102 Å². The quantitative estimate of drug-likeness (QED) is 0.120. The van der Waals surface area contributed by atoms with Crippen molar-refractivity contribution in [2.45, 2.75) is 0 Å². The maximum Gasteiger partial charge on any atom is 0.252 e. The van der Waals surface area contributed by atoms with Gasteiger partial charge in [0.1, 0.15) is 11.2 Å². The third kappa shape index (κ3) is 10.1. The molecule has 3 nitrogen and oxygen atoms in total. The smallest absolute Gasteiger partial charge is 0.252 e. The lowest BCUT2D eigenvalue weighted by Gasteiger charge is -2.46. The van der Waals surface area contributed by atoms with Gasteiger partial charge in [-0.15, -0.1) is 22.7 Å². The zero-order valence-electron chi connectivity index (χ0n) is 58.6. The Bertz CT molecular complexity index is 6450. The van der Waals surface area contributed by atoms with Gasteiger partial charge in [0.25, 0.3) is 6.71 Å². The SMILES string of the molecule is c1ccc(-c2cccc(-c3cccc(-c4cccc(-c5ccccc5)c4)c3N3c4cc5c(cc4B4c6cc7sc8ccccc8c7cc6N(c6c(-c7cccc(-c8ccccc8)c7)cccc6-c6cccc(-c7ccccc7)c6)c6cc(-c7cccc8c7oc7ccccc78)cc3c64)sc3ccccc35)c2)cc1. The Hall–Kier alpha value is -13.4. The highest BCUT2D eigenvalue weighted by molar-refractivity contribution is 7.26. The van der Waals surface area contributed by atoms with Crippen molar-refractivity contribution >= 4 is 142 Å². The number of furan rings is 1. The van der Waals surface area contributed by atoms with Gasteiger partial charge in [-0.3, -0.25) is 0 Å². The molecule has 2 aliphatic heterocycles. The summed E-state index contributed by atoms with van der Waals surface area (Å²) >= 11 is 3.79. The van der Waals surface area contributed by atoms with Gasteiger partial charge in [-0.05, 0) is 168 Å². The number of hydrogen-bond acceptors (Lipinski definition) is 5. The Morgan fingerprint density at radius 3 is 0.954 bits per heavy atom. The van der Waals surface area contributed by atoms with Gasteiger partial charge >= 0.3 is 0 Å². The van der Waals surface area contributed by atoms with Crippen molar-refractivity contribution in [3.8, 4) is 100 Å². The molecule has 0 bridgehead atoms. The third-order valence-corrected chi connectivity index (χ3v) is 24.7. The summed E-state index contributed by atoms with van der Waals surface area (Å²) in [4.78, 5) is 5.43. The second-order valence-corrected chi connectivity index (χ2v) is 30.7. The van der Waals surface area contributed by atoms with E-state index in [4.69, 9.17) is 4.42 Å². The van der Waals surface area contributed by atoms with Crippen molar-refractivity contribution in [2.75, 3.05) is 9.80 Å². The number of fused-ring (bicyclic) bond motifs is 13. The average molecular weight is 1410 g/mol. The first-order valence-electron chi connectivity index (χ1n) is 37.0. The van der Waals surface area contributed by atoms with Crippen LogP contribution in [0.5, 0.6) is 0 Å². The van der Waals surface area contributed by atoms with Crippen LogP contribution in [0.25, 0.3) is 162 Å². The van der Waals surface area contributed by atoms with Crippen molar-refractivity contribution in [3.05, 3.63) is 382 Å². The Balaban J connectivity index is 0.925. The molecule has 2 aliphatic rings. The fourth-order valence-electron chi connectivity index (χ4n) is 17.5. The molecule has 0 spiro atoms. The molecule has 20 aromatic rings. The zero-order chi connectivity index (χ0) is 70.9. The molecule has 0 aliphatic carbocycles. The predicted molar refractivity (Wildman–Crippen MR) is 462 cm³/mol. The molecule has 0 atom stereocenters. The second kappa shape index (κ2) is 25.2. The normalized spacial score (nSPS) is 12.4. The number of thiophene rings is 2. The Morgan fingerprint density at radius 2 is 0.537 bits per heavy atom. The molecule has 0 unspecified atom stereocenters. The standard InChI is InChI=1S/C102H63BN2OS2/c1-5-26-64(27-6-1)68-34-19-38-72(54-68)77-45-23-46-78(73-39-20-35-69(55-73)65-28-7-2-8-29-65)100(77)104-90-60-86-83-43-14-17-52-95(83)107-97(86)62-88(90)103-89-63-98-87(84-44-15-18-53-96(84)108-98)61-91(89)105(93-59-76(58-92(104)99(93)103)81-49-25-50-85-82-42-13-16-51-94(82)106-102(81)85)101-79(74-40-21-36-70(56-74)66-30-9-3-10-31-66)47-24-48-80(101)75-41-22-37-71(57-75)67-32-11-4-12-33-67/h1-63H. The van der Waals surface area contributed by atoms with E-state index >= 15 is 0 Å². The molecule has 0 radical (unpaired) electrons. The molecule has 0 saturated heterocycles. The van der Waals surface area contributed by atoms with Gasteiger partial charge in [-0.25, -0.2) is 0 Å². The summed E-state index contributed by atoms with van der Waals surface area (Å²) in [6, 6.07) is 143. The molecule has 0 fully saturated rings. The van der Waals surface area contributed by atoms with Gasteiger partial charge in [-0.1, -0.05) is 303 Å². The fourth-order valence-corrected chi connectivity index (χ4v) is 19.8. The Labute approximate surface area is 634 Å². The monoisotopic (exact) mass is 1410 g/mol. The van der Waals surface area contributed by atoms with Crippen LogP contribution in [0.4, 0.5) is 34.1 Å². The molecule has 22 rings (SSSR count). The molecule has 3 aromatic heterocycles. The summed E-state index contributed by atoms with van der Waals surface area (Å²) in [6.07, 6.45) is 0. The summed E-state index contributed by atoms with van der Waals surface area (Å²) in [5.74, 6) is 0. The number of benzene rings is 17. The predicted octanol–water partition coefficient (Wildman–Crippen LogP) is 27.4. The van der Waals surface area contributed by atoms with E-state index in [-0.39, 0.29) is 6.71 Å². The van der Waals surface area contributed by atoms with Crippen LogP contribution in [0.1, 0.15) is 0 Å². The lowest BCUT2D eigenvalue weighted by atomic mass is 9.33. The summed E-state index contributed by atoms with van der Waals surface area (Å²) in [5.41, 5.74) is 32.2. The number of nitrogens with zero attached hydrogens (tertiary/aromatic N) is 2. The van der Waals surface area contributed by atoms with Crippen molar-refractivity contribution in [1.29, 1.82) is 0 Å². The molecule has 6 heteroatoms. The summed E-state index contributed by atoms with van der Waals surface area (Å²) in [6.45, 7) is -0.273. The molecule has 0 saturated carbocycles. The minimum absolute atomic E-state index is 0.273. The highest BCUT2D eigenvalue weighted by Crippen LogP contribution is 2.56. The first-order valence-corrected chi connectivity index (χ1v) is 38.7. The van der Waals surface area contributed by atoms with Gasteiger partial charge < -0.3 is 14.2 Å². The lowest BCUT2D eigenvalue weighted by Crippen LogP contribution is -2.61. The maximum absolute atomic E-state index is 7.26.